The molecule has 64 valence electrons. The monoisotopic (exact) mass is 157 g/mol. The molecule has 1 rings (SSSR count). The van der Waals surface area contributed by atoms with E-state index in [0.29, 0.717) is 19.1 Å². The average Bonchev–Trinajstić information content (AvgIpc) is 2.81. The van der Waals surface area contributed by atoms with Gasteiger partial charge in [-0.3, -0.25) is 4.79 Å². The molecule has 1 heterocycles. The van der Waals surface area contributed by atoms with E-state index in [4.69, 9.17) is 10.5 Å². The summed E-state index contributed by atoms with van der Waals surface area (Å²) in [5, 5.41) is 0. The molecule has 1 aliphatic rings. The Hall–Kier alpha value is -0.410. The van der Waals surface area contributed by atoms with Crippen LogP contribution in [0.2, 0.25) is 0 Å². The maximum atomic E-state index is 11.2. The third-order valence-corrected chi connectivity index (χ3v) is 2.02. The molecule has 2 atom stereocenters. The molecule has 3 nitrogen and oxygen atoms in total. The van der Waals surface area contributed by atoms with E-state index in [1.54, 1.807) is 0 Å². The Morgan fingerprint density at radius 2 is 2.45 bits per heavy atom. The third kappa shape index (κ3) is 2.99. The number of ether oxygens (including phenoxy) is 1. The van der Waals surface area contributed by atoms with Crippen molar-refractivity contribution in [2.45, 2.75) is 25.9 Å². The Morgan fingerprint density at radius 3 is 2.91 bits per heavy atom. The number of nitrogens with two attached hydrogens (primary N) is 1. The lowest BCUT2D eigenvalue weighted by Gasteiger charge is -2.04. The lowest BCUT2D eigenvalue weighted by atomic mass is 10.0. The summed E-state index contributed by atoms with van der Waals surface area (Å²) in [6.07, 6.45) is 1.87. The number of carbonyl (C=O) groups excluding carboxylic acids is 1. The zero-order valence-corrected chi connectivity index (χ0v) is 6.88. The van der Waals surface area contributed by atoms with Gasteiger partial charge in [-0.25, -0.2) is 0 Å². The minimum atomic E-state index is 0.0220. The first-order chi connectivity index (χ1) is 5.24. The highest BCUT2D eigenvalue weighted by Crippen LogP contribution is 2.16. The lowest BCUT2D eigenvalue weighted by molar-refractivity contribution is -0.122. The van der Waals surface area contributed by atoms with E-state index >= 15 is 0 Å². The van der Waals surface area contributed by atoms with E-state index in [0.717, 1.165) is 13.0 Å². The van der Waals surface area contributed by atoms with Crippen LogP contribution in [0.1, 0.15) is 19.8 Å². The number of ketones is 1. The summed E-state index contributed by atoms with van der Waals surface area (Å²) in [5.74, 6) is 0.289. The summed E-state index contributed by atoms with van der Waals surface area (Å²) in [5.41, 5.74) is 5.34. The van der Waals surface area contributed by atoms with Gasteiger partial charge >= 0.3 is 0 Å². The first-order valence-electron chi connectivity index (χ1n) is 4.08. The Bertz CT molecular complexity index is 143. The van der Waals surface area contributed by atoms with Crippen molar-refractivity contribution in [3.05, 3.63) is 0 Å². The van der Waals surface area contributed by atoms with Gasteiger partial charge in [0.1, 0.15) is 5.78 Å². The Balaban J connectivity index is 2.08. The number of Topliss-reactive ketones (excluding diaryl/α,β-unsaturated/α-hetero) is 1. The summed E-state index contributed by atoms with van der Waals surface area (Å²) in [4.78, 5) is 11.2. The molecule has 0 aromatic heterocycles. The first-order valence-corrected chi connectivity index (χ1v) is 4.08. The van der Waals surface area contributed by atoms with Gasteiger partial charge in [0.05, 0.1) is 12.7 Å². The molecule has 0 bridgehead atoms. The second-order valence-corrected chi connectivity index (χ2v) is 3.10. The SMILES string of the molecule is CC(CN)C(=O)CCC1CO1. The van der Waals surface area contributed by atoms with Gasteiger partial charge in [-0.05, 0) is 6.42 Å². The van der Waals surface area contributed by atoms with Crippen LogP contribution in [0.3, 0.4) is 0 Å². The average molecular weight is 157 g/mol. The minimum Gasteiger partial charge on any atom is -0.373 e. The molecule has 0 saturated carbocycles. The van der Waals surface area contributed by atoms with Gasteiger partial charge in [0.25, 0.3) is 0 Å². The standard InChI is InChI=1S/C8H15NO2/c1-6(4-9)8(10)3-2-7-5-11-7/h6-7H,2-5,9H2,1H3. The minimum absolute atomic E-state index is 0.0220. The molecule has 2 N–H and O–H groups in total. The van der Waals surface area contributed by atoms with Gasteiger partial charge in [0.15, 0.2) is 0 Å². The molecular weight excluding hydrogens is 142 g/mol. The fourth-order valence-electron chi connectivity index (χ4n) is 0.916. The summed E-state index contributed by atoms with van der Waals surface area (Å²) in [6.45, 7) is 3.17. The molecule has 0 radical (unpaired) electrons. The normalized spacial score (nSPS) is 24.7. The molecule has 3 heteroatoms. The van der Waals surface area contributed by atoms with Crippen molar-refractivity contribution in [2.75, 3.05) is 13.2 Å². The highest BCUT2D eigenvalue weighted by Gasteiger charge is 2.23. The summed E-state index contributed by atoms with van der Waals surface area (Å²) >= 11 is 0. The van der Waals surface area contributed by atoms with E-state index in [9.17, 15) is 4.79 Å². The predicted molar refractivity (Wildman–Crippen MR) is 42.2 cm³/mol. The van der Waals surface area contributed by atoms with Crippen LogP contribution in [-0.4, -0.2) is 25.0 Å². The van der Waals surface area contributed by atoms with E-state index in [2.05, 4.69) is 0 Å². The van der Waals surface area contributed by atoms with Crippen molar-refractivity contribution in [1.29, 1.82) is 0 Å². The van der Waals surface area contributed by atoms with Crippen LogP contribution in [0.5, 0.6) is 0 Å². The smallest absolute Gasteiger partial charge is 0.137 e. The fraction of sp³-hybridized carbons (Fsp3) is 0.875. The van der Waals surface area contributed by atoms with Crippen molar-refractivity contribution in [3.8, 4) is 0 Å². The number of epoxide rings is 1. The van der Waals surface area contributed by atoms with E-state index < -0.39 is 0 Å². The van der Waals surface area contributed by atoms with E-state index in [1.807, 2.05) is 6.92 Å². The Labute approximate surface area is 66.9 Å². The van der Waals surface area contributed by atoms with Crippen molar-refractivity contribution in [3.63, 3.8) is 0 Å². The Morgan fingerprint density at radius 1 is 1.82 bits per heavy atom. The highest BCUT2D eigenvalue weighted by atomic mass is 16.6. The molecular formula is C8H15NO2. The molecule has 2 unspecified atom stereocenters. The van der Waals surface area contributed by atoms with Gasteiger partial charge < -0.3 is 10.5 Å². The summed E-state index contributed by atoms with van der Waals surface area (Å²) in [6, 6.07) is 0. The van der Waals surface area contributed by atoms with Crippen LogP contribution in [0.4, 0.5) is 0 Å². The predicted octanol–water partition coefficient (Wildman–Crippen LogP) is 0.329. The van der Waals surface area contributed by atoms with E-state index in [1.165, 1.54) is 0 Å². The van der Waals surface area contributed by atoms with Gasteiger partial charge in [-0.2, -0.15) is 0 Å². The summed E-state index contributed by atoms with van der Waals surface area (Å²) in [7, 11) is 0. The third-order valence-electron chi connectivity index (χ3n) is 2.02. The fourth-order valence-corrected chi connectivity index (χ4v) is 0.916. The molecule has 0 aromatic rings. The molecule has 0 spiro atoms. The molecule has 11 heavy (non-hydrogen) atoms. The van der Waals surface area contributed by atoms with Crippen LogP contribution >= 0.6 is 0 Å². The van der Waals surface area contributed by atoms with Crippen LogP contribution in [-0.2, 0) is 9.53 Å². The van der Waals surface area contributed by atoms with Crippen molar-refractivity contribution in [1.82, 2.24) is 0 Å². The van der Waals surface area contributed by atoms with Crippen molar-refractivity contribution < 1.29 is 9.53 Å². The molecule has 0 amide bonds. The van der Waals surface area contributed by atoms with Crippen LogP contribution in [0.15, 0.2) is 0 Å². The van der Waals surface area contributed by atoms with Gasteiger partial charge in [-0.1, -0.05) is 6.92 Å². The molecule has 1 saturated heterocycles. The number of hydrogen-bond donors (Lipinski definition) is 1. The highest BCUT2D eigenvalue weighted by molar-refractivity contribution is 5.80. The lowest BCUT2D eigenvalue weighted by Crippen LogP contribution is -2.20. The maximum absolute atomic E-state index is 11.2. The molecule has 0 aliphatic carbocycles. The molecule has 1 fully saturated rings. The second-order valence-electron chi connectivity index (χ2n) is 3.10. The number of rotatable bonds is 5. The molecule has 0 aromatic carbocycles. The Kier molecular flexibility index (Phi) is 3.02. The van der Waals surface area contributed by atoms with Gasteiger partial charge in [0, 0.05) is 18.9 Å². The number of hydrogen-bond acceptors (Lipinski definition) is 3. The first kappa shape index (κ1) is 8.68. The van der Waals surface area contributed by atoms with Gasteiger partial charge in [0.2, 0.25) is 0 Å². The molecule has 1 aliphatic heterocycles. The maximum Gasteiger partial charge on any atom is 0.137 e. The van der Waals surface area contributed by atoms with Crippen LogP contribution in [0, 0.1) is 5.92 Å². The van der Waals surface area contributed by atoms with Crippen molar-refractivity contribution >= 4 is 5.78 Å². The topological polar surface area (TPSA) is 55.6 Å². The van der Waals surface area contributed by atoms with E-state index in [-0.39, 0.29) is 11.7 Å². The zero-order chi connectivity index (χ0) is 8.27. The quantitative estimate of drug-likeness (QED) is 0.585. The summed E-state index contributed by atoms with van der Waals surface area (Å²) < 4.78 is 4.99. The zero-order valence-electron chi connectivity index (χ0n) is 6.88. The number of carbonyl (C=O) groups is 1. The van der Waals surface area contributed by atoms with Crippen molar-refractivity contribution in [2.24, 2.45) is 11.7 Å². The van der Waals surface area contributed by atoms with Crippen LogP contribution in [0.25, 0.3) is 0 Å². The van der Waals surface area contributed by atoms with Crippen LogP contribution < -0.4 is 5.73 Å². The largest absolute Gasteiger partial charge is 0.373 e. The van der Waals surface area contributed by atoms with Gasteiger partial charge in [-0.15, -0.1) is 0 Å². The second kappa shape index (κ2) is 3.83.